The van der Waals surface area contributed by atoms with Crippen LogP contribution in [0.2, 0.25) is 0 Å². The van der Waals surface area contributed by atoms with Crippen LogP contribution in [0.5, 0.6) is 0 Å². The molecule has 0 amide bonds. The predicted octanol–water partition coefficient (Wildman–Crippen LogP) is 8.90. The Morgan fingerprint density at radius 1 is 0.774 bits per heavy atom. The third kappa shape index (κ3) is 5.47. The summed E-state index contributed by atoms with van der Waals surface area (Å²) >= 11 is 0. The molecule has 2 heterocycles. The molecule has 0 aliphatic carbocycles. The molecule has 2 aromatic carbocycles. The molecule has 2 nitrogen and oxygen atoms in total. The first-order valence-corrected chi connectivity index (χ1v) is 11.8. The lowest BCUT2D eigenvalue weighted by Crippen LogP contribution is -2.19. The molecule has 166 valence electrons. The number of nitrogens with one attached hydrogen (secondary N) is 1. The van der Waals surface area contributed by atoms with Crippen LogP contribution in [0.15, 0.2) is 47.5 Å². The molecule has 0 bridgehead atoms. The van der Waals surface area contributed by atoms with Gasteiger partial charge in [0.1, 0.15) is 0 Å². The third-order valence-corrected chi connectivity index (χ3v) is 6.21. The second-order valence-electron chi connectivity index (χ2n) is 10.9. The van der Waals surface area contributed by atoms with Gasteiger partial charge < -0.3 is 4.98 Å². The van der Waals surface area contributed by atoms with E-state index < -0.39 is 0 Å². The van der Waals surface area contributed by atoms with Crippen molar-refractivity contribution >= 4 is 22.3 Å². The molecular formula is C29H40N2. The van der Waals surface area contributed by atoms with Gasteiger partial charge in [-0.15, -0.1) is 0 Å². The van der Waals surface area contributed by atoms with Crippen LogP contribution in [0, 0.1) is 5.41 Å². The van der Waals surface area contributed by atoms with Gasteiger partial charge in [-0.05, 0) is 58.0 Å². The van der Waals surface area contributed by atoms with E-state index >= 15 is 0 Å². The normalized spacial score (nSPS) is 13.6. The molecule has 1 aliphatic rings. The molecule has 1 aromatic heterocycles. The van der Waals surface area contributed by atoms with Crippen LogP contribution in [0.3, 0.4) is 0 Å². The second-order valence-corrected chi connectivity index (χ2v) is 10.9. The fourth-order valence-electron chi connectivity index (χ4n) is 3.83. The quantitative estimate of drug-likeness (QED) is 0.441. The van der Waals surface area contributed by atoms with Crippen molar-refractivity contribution in [1.82, 2.24) is 4.98 Å². The number of aromatic nitrogens is 1. The van der Waals surface area contributed by atoms with E-state index in [4.69, 9.17) is 4.99 Å². The molecule has 4 rings (SSSR count). The SMILES string of the molecule is CC(C)c1ccc2c(c1)N=C(C(C)(C)C)C2.CC(C)c1ccc2cc(C(C)C)[nH]c2c1. The lowest BCUT2D eigenvalue weighted by Gasteiger charge is -2.17. The molecule has 0 saturated heterocycles. The van der Waals surface area contributed by atoms with E-state index in [-0.39, 0.29) is 5.41 Å². The molecule has 1 N–H and O–H groups in total. The predicted molar refractivity (Wildman–Crippen MR) is 137 cm³/mol. The Bertz CT molecular complexity index is 1070. The molecule has 0 unspecified atom stereocenters. The third-order valence-electron chi connectivity index (χ3n) is 6.21. The Morgan fingerprint density at radius 2 is 1.39 bits per heavy atom. The summed E-state index contributed by atoms with van der Waals surface area (Å²) in [5, 5.41) is 1.32. The highest BCUT2D eigenvalue weighted by atomic mass is 14.8. The maximum Gasteiger partial charge on any atom is 0.0668 e. The zero-order valence-corrected chi connectivity index (χ0v) is 20.9. The number of hydrogen-bond donors (Lipinski definition) is 1. The van der Waals surface area contributed by atoms with Crippen LogP contribution < -0.4 is 0 Å². The van der Waals surface area contributed by atoms with E-state index in [0.717, 1.165) is 6.42 Å². The van der Waals surface area contributed by atoms with Crippen molar-refractivity contribution in [2.24, 2.45) is 10.4 Å². The summed E-state index contributed by atoms with van der Waals surface area (Å²) in [4.78, 5) is 8.27. The zero-order chi connectivity index (χ0) is 22.9. The van der Waals surface area contributed by atoms with Gasteiger partial charge in [-0.1, -0.05) is 86.6 Å². The van der Waals surface area contributed by atoms with Gasteiger partial charge in [-0.3, -0.25) is 4.99 Å². The minimum Gasteiger partial charge on any atom is -0.358 e. The first kappa shape index (κ1) is 23.3. The van der Waals surface area contributed by atoms with E-state index in [1.807, 2.05) is 0 Å². The molecule has 0 spiro atoms. The summed E-state index contributed by atoms with van der Waals surface area (Å²) in [5.41, 5.74) is 9.46. The minimum absolute atomic E-state index is 0.191. The number of rotatable bonds is 3. The molecule has 0 radical (unpaired) electrons. The summed E-state index contributed by atoms with van der Waals surface area (Å²) in [7, 11) is 0. The molecule has 0 atom stereocenters. The van der Waals surface area contributed by atoms with E-state index in [2.05, 4.69) is 110 Å². The second kappa shape index (κ2) is 9.02. The average Bonchev–Trinajstić information content (AvgIpc) is 3.31. The lowest BCUT2D eigenvalue weighted by molar-refractivity contribution is 0.584. The van der Waals surface area contributed by atoms with E-state index in [1.165, 1.54) is 44.7 Å². The highest BCUT2D eigenvalue weighted by Gasteiger charge is 2.25. The molecule has 0 fully saturated rings. The van der Waals surface area contributed by atoms with Crippen molar-refractivity contribution in [1.29, 1.82) is 0 Å². The van der Waals surface area contributed by atoms with Crippen LogP contribution >= 0.6 is 0 Å². The molecular weight excluding hydrogens is 376 g/mol. The Morgan fingerprint density at radius 3 is 1.97 bits per heavy atom. The number of H-pyrrole nitrogens is 1. The highest BCUT2D eigenvalue weighted by Crippen LogP contribution is 2.35. The summed E-state index contributed by atoms with van der Waals surface area (Å²) < 4.78 is 0. The highest BCUT2D eigenvalue weighted by molar-refractivity contribution is 5.97. The van der Waals surface area contributed by atoms with Gasteiger partial charge in [-0.2, -0.15) is 0 Å². The standard InChI is InChI=1S/C15H21N.C14H19N/c1-10(2)11-6-7-12-9-14(15(3,4)5)16-13(12)8-11;1-9(2)11-5-6-12-8-13(10(3)4)15-14(12)7-11/h6-8,10H,9H2,1-5H3;5-10,15H,1-4H3. The monoisotopic (exact) mass is 416 g/mol. The maximum absolute atomic E-state index is 4.78. The van der Waals surface area contributed by atoms with Crippen molar-refractivity contribution in [3.05, 3.63) is 64.8 Å². The van der Waals surface area contributed by atoms with Gasteiger partial charge in [-0.25, -0.2) is 0 Å². The largest absolute Gasteiger partial charge is 0.358 e. The van der Waals surface area contributed by atoms with Gasteiger partial charge in [0.05, 0.1) is 5.69 Å². The fraction of sp³-hybridized carbons (Fsp3) is 0.483. The van der Waals surface area contributed by atoms with Crippen LogP contribution in [-0.2, 0) is 6.42 Å². The van der Waals surface area contributed by atoms with Gasteiger partial charge in [0, 0.05) is 28.8 Å². The molecule has 2 heteroatoms. The van der Waals surface area contributed by atoms with Gasteiger partial charge >= 0.3 is 0 Å². The summed E-state index contributed by atoms with van der Waals surface area (Å²) in [6.07, 6.45) is 1.03. The smallest absolute Gasteiger partial charge is 0.0668 e. The Kier molecular flexibility index (Phi) is 6.79. The number of benzene rings is 2. The van der Waals surface area contributed by atoms with Crippen LogP contribution in [0.4, 0.5) is 5.69 Å². The van der Waals surface area contributed by atoms with Crippen LogP contribution in [-0.4, -0.2) is 10.7 Å². The number of hydrogen-bond acceptors (Lipinski definition) is 1. The summed E-state index contributed by atoms with van der Waals surface area (Å²) in [6.45, 7) is 20.1. The molecule has 31 heavy (non-hydrogen) atoms. The Labute approximate surface area is 189 Å². The van der Waals surface area contributed by atoms with Crippen LogP contribution in [0.25, 0.3) is 10.9 Å². The van der Waals surface area contributed by atoms with E-state index in [1.54, 1.807) is 0 Å². The Hall–Kier alpha value is -2.35. The topological polar surface area (TPSA) is 28.1 Å². The van der Waals surface area contributed by atoms with Crippen molar-refractivity contribution < 1.29 is 0 Å². The van der Waals surface area contributed by atoms with Crippen molar-refractivity contribution in [2.45, 2.75) is 86.5 Å². The van der Waals surface area contributed by atoms with Gasteiger partial charge in [0.25, 0.3) is 0 Å². The average molecular weight is 417 g/mol. The Balaban J connectivity index is 0.000000176. The number of aromatic amines is 1. The van der Waals surface area contributed by atoms with Crippen molar-refractivity contribution in [3.8, 4) is 0 Å². The zero-order valence-electron chi connectivity index (χ0n) is 20.9. The van der Waals surface area contributed by atoms with Gasteiger partial charge in [0.2, 0.25) is 0 Å². The van der Waals surface area contributed by atoms with E-state index in [9.17, 15) is 0 Å². The summed E-state index contributed by atoms with van der Waals surface area (Å²) in [6, 6.07) is 15.7. The minimum atomic E-state index is 0.191. The first-order valence-electron chi connectivity index (χ1n) is 11.8. The van der Waals surface area contributed by atoms with Crippen LogP contribution in [0.1, 0.15) is 102 Å². The fourth-order valence-corrected chi connectivity index (χ4v) is 3.83. The molecule has 3 aromatic rings. The summed E-state index contributed by atoms with van der Waals surface area (Å²) in [5.74, 6) is 1.75. The molecule has 0 saturated carbocycles. The lowest BCUT2D eigenvalue weighted by atomic mass is 9.87. The number of nitrogens with zero attached hydrogens (tertiary/aromatic N) is 1. The molecule has 1 aliphatic heterocycles. The van der Waals surface area contributed by atoms with Crippen molar-refractivity contribution in [2.75, 3.05) is 0 Å². The van der Waals surface area contributed by atoms with E-state index in [0.29, 0.717) is 17.8 Å². The van der Waals surface area contributed by atoms with Gasteiger partial charge in [0.15, 0.2) is 0 Å². The number of fused-ring (bicyclic) bond motifs is 2. The maximum atomic E-state index is 4.78. The first-order chi connectivity index (χ1) is 14.5. The number of aliphatic imine (C=N–C) groups is 1. The van der Waals surface area contributed by atoms with Crippen molar-refractivity contribution in [3.63, 3.8) is 0 Å².